The number of aliphatic carboxylic acids is 1. The third-order valence-electron chi connectivity index (χ3n) is 4.05. The highest BCUT2D eigenvalue weighted by molar-refractivity contribution is 8.00. The molecule has 0 unspecified atom stereocenters. The molecule has 162 valence electrons. The number of carbonyl (C=O) groups excluding carboxylic acids is 1. The first-order valence-electron chi connectivity index (χ1n) is 9.93. The van der Waals surface area contributed by atoms with Gasteiger partial charge in [0.15, 0.2) is 5.71 Å². The maximum Gasteiger partial charge on any atom is 0.352 e. The van der Waals surface area contributed by atoms with Gasteiger partial charge in [0.2, 0.25) is 6.41 Å². The van der Waals surface area contributed by atoms with Crippen LogP contribution in [0.15, 0.2) is 51.7 Å². The number of allylic oxidation sites excluding steroid dienone is 7. The summed E-state index contributed by atoms with van der Waals surface area (Å²) in [7, 11) is 0. The zero-order valence-electron chi connectivity index (χ0n) is 18.5. The molecule has 29 heavy (non-hydrogen) atoms. The third kappa shape index (κ3) is 16.6. The van der Waals surface area contributed by atoms with Gasteiger partial charge in [0.1, 0.15) is 0 Å². The van der Waals surface area contributed by atoms with Gasteiger partial charge in [0.25, 0.3) is 0 Å². The summed E-state index contributed by atoms with van der Waals surface area (Å²) in [6.07, 6.45) is 14.5. The molecule has 0 aromatic carbocycles. The lowest BCUT2D eigenvalue weighted by molar-refractivity contribution is -0.129. The number of carboxylic acid groups (broad SMARTS) is 1. The molecule has 0 radical (unpaired) electrons. The standard InChI is InChI=1S/C23H36N2O3S/c1-18(2)8-6-9-20(5)10-7-11-21(13-12-19(3)4)14-15-29-16-22(23(27)28)25-24-17-26/h8,10,12,14,17H,6-7,9,11,13,15-16H2,1-5H3,(H,24,26)(H,27,28)/b20-10+,21-14-,25-22-. The van der Waals surface area contributed by atoms with Gasteiger partial charge in [-0.2, -0.15) is 16.9 Å². The number of amides is 1. The van der Waals surface area contributed by atoms with E-state index in [1.54, 1.807) is 0 Å². The Kier molecular flexibility index (Phi) is 15.6. The van der Waals surface area contributed by atoms with E-state index < -0.39 is 5.97 Å². The summed E-state index contributed by atoms with van der Waals surface area (Å²) in [5, 5.41) is 12.6. The fraction of sp³-hybridized carbons (Fsp3) is 0.522. The smallest absolute Gasteiger partial charge is 0.352 e. The topological polar surface area (TPSA) is 78.8 Å². The van der Waals surface area contributed by atoms with Gasteiger partial charge >= 0.3 is 5.97 Å². The van der Waals surface area contributed by atoms with Crippen molar-refractivity contribution < 1.29 is 14.7 Å². The highest BCUT2D eigenvalue weighted by atomic mass is 32.2. The fourth-order valence-electron chi connectivity index (χ4n) is 2.40. The van der Waals surface area contributed by atoms with E-state index in [4.69, 9.17) is 5.11 Å². The molecular formula is C23H36N2O3S. The number of carbonyl (C=O) groups is 2. The van der Waals surface area contributed by atoms with Crippen molar-refractivity contribution in [3.05, 3.63) is 46.6 Å². The van der Waals surface area contributed by atoms with E-state index in [-0.39, 0.29) is 11.5 Å². The number of nitrogens with zero attached hydrogens (tertiary/aromatic N) is 1. The third-order valence-corrected chi connectivity index (χ3v) is 4.93. The Morgan fingerprint density at radius 3 is 2.21 bits per heavy atom. The Hall–Kier alpha value is -2.08. The van der Waals surface area contributed by atoms with Gasteiger partial charge in [-0.15, -0.1) is 0 Å². The average Bonchev–Trinajstić information content (AvgIpc) is 2.64. The molecular weight excluding hydrogens is 384 g/mol. The predicted molar refractivity (Wildman–Crippen MR) is 125 cm³/mol. The van der Waals surface area contributed by atoms with Gasteiger partial charge in [-0.3, -0.25) is 4.79 Å². The van der Waals surface area contributed by atoms with Crippen LogP contribution in [0.1, 0.15) is 66.7 Å². The molecule has 2 N–H and O–H groups in total. The second-order valence-corrected chi connectivity index (χ2v) is 8.41. The SMILES string of the molecule is CC(C)=CCC/C(C)=C/CC/C(=C/CSC/C(=N/NC=O)C(=O)O)CC=C(C)C. The molecule has 0 aromatic rings. The molecule has 0 saturated heterocycles. The van der Waals surface area contributed by atoms with E-state index in [0.29, 0.717) is 12.2 Å². The molecule has 0 heterocycles. The Balaban J connectivity index is 4.71. The van der Waals surface area contributed by atoms with Crippen molar-refractivity contribution >= 4 is 29.9 Å². The number of hydrogen-bond donors (Lipinski definition) is 2. The summed E-state index contributed by atoms with van der Waals surface area (Å²) < 4.78 is 0. The minimum atomic E-state index is -1.12. The largest absolute Gasteiger partial charge is 0.477 e. The summed E-state index contributed by atoms with van der Waals surface area (Å²) in [5.74, 6) is -0.163. The Morgan fingerprint density at radius 1 is 0.966 bits per heavy atom. The monoisotopic (exact) mass is 420 g/mol. The van der Waals surface area contributed by atoms with Crippen LogP contribution in [-0.2, 0) is 9.59 Å². The zero-order valence-corrected chi connectivity index (χ0v) is 19.3. The van der Waals surface area contributed by atoms with E-state index in [1.165, 1.54) is 34.1 Å². The summed E-state index contributed by atoms with van der Waals surface area (Å²) >= 11 is 1.47. The molecule has 0 fully saturated rings. The summed E-state index contributed by atoms with van der Waals surface area (Å²) in [6.45, 7) is 10.6. The number of rotatable bonds is 15. The Bertz CT molecular complexity index is 666. The first kappa shape index (κ1) is 26.9. The summed E-state index contributed by atoms with van der Waals surface area (Å²) in [4.78, 5) is 21.4. The lowest BCUT2D eigenvalue weighted by Crippen LogP contribution is -2.20. The van der Waals surface area contributed by atoms with Crippen LogP contribution in [0.4, 0.5) is 0 Å². The van der Waals surface area contributed by atoms with Crippen LogP contribution < -0.4 is 5.43 Å². The lowest BCUT2D eigenvalue weighted by Gasteiger charge is -2.06. The van der Waals surface area contributed by atoms with E-state index in [2.05, 4.69) is 69.4 Å². The molecule has 5 nitrogen and oxygen atoms in total. The molecule has 0 rings (SSSR count). The van der Waals surface area contributed by atoms with Gasteiger partial charge in [-0.25, -0.2) is 10.2 Å². The molecule has 1 amide bonds. The Morgan fingerprint density at radius 2 is 1.62 bits per heavy atom. The molecule has 6 heteroatoms. The van der Waals surface area contributed by atoms with Crippen LogP contribution in [-0.4, -0.2) is 34.7 Å². The molecule has 0 aliphatic carbocycles. The fourth-order valence-corrected chi connectivity index (χ4v) is 3.25. The van der Waals surface area contributed by atoms with Crippen molar-refractivity contribution in [1.82, 2.24) is 5.43 Å². The van der Waals surface area contributed by atoms with Gasteiger partial charge < -0.3 is 5.11 Å². The van der Waals surface area contributed by atoms with Crippen LogP contribution in [0.5, 0.6) is 0 Å². The van der Waals surface area contributed by atoms with Crippen molar-refractivity contribution in [2.45, 2.75) is 66.7 Å². The highest BCUT2D eigenvalue weighted by Gasteiger charge is 2.09. The number of carboxylic acids is 1. The molecule has 0 aliphatic rings. The minimum absolute atomic E-state index is 0.0590. The van der Waals surface area contributed by atoms with Crippen molar-refractivity contribution in [3.8, 4) is 0 Å². The van der Waals surface area contributed by atoms with Crippen molar-refractivity contribution in [1.29, 1.82) is 0 Å². The molecule has 0 atom stereocenters. The van der Waals surface area contributed by atoms with E-state index >= 15 is 0 Å². The molecule has 0 aliphatic heterocycles. The van der Waals surface area contributed by atoms with Crippen molar-refractivity contribution in [3.63, 3.8) is 0 Å². The van der Waals surface area contributed by atoms with E-state index in [1.807, 2.05) is 0 Å². The van der Waals surface area contributed by atoms with Crippen LogP contribution >= 0.6 is 11.8 Å². The summed E-state index contributed by atoms with van der Waals surface area (Å²) in [5.41, 5.74) is 7.42. The predicted octanol–water partition coefficient (Wildman–Crippen LogP) is 5.66. The van der Waals surface area contributed by atoms with Crippen LogP contribution in [0.2, 0.25) is 0 Å². The molecule has 0 saturated carbocycles. The maximum atomic E-state index is 11.1. The quantitative estimate of drug-likeness (QED) is 0.118. The van der Waals surface area contributed by atoms with Gasteiger partial charge in [0, 0.05) is 11.5 Å². The normalized spacial score (nSPS) is 12.4. The van der Waals surface area contributed by atoms with Crippen LogP contribution in [0, 0.1) is 0 Å². The maximum absolute atomic E-state index is 11.1. The number of hydrazone groups is 1. The molecule has 0 aromatic heterocycles. The summed E-state index contributed by atoms with van der Waals surface area (Å²) in [6, 6.07) is 0. The zero-order chi connectivity index (χ0) is 22.1. The first-order chi connectivity index (χ1) is 13.8. The molecule has 0 spiro atoms. The highest BCUT2D eigenvalue weighted by Crippen LogP contribution is 2.17. The first-order valence-corrected chi connectivity index (χ1v) is 11.1. The van der Waals surface area contributed by atoms with Crippen molar-refractivity contribution in [2.24, 2.45) is 5.10 Å². The number of thioether (sulfide) groups is 1. The number of hydrogen-bond acceptors (Lipinski definition) is 4. The van der Waals surface area contributed by atoms with Gasteiger partial charge in [-0.05, 0) is 66.7 Å². The van der Waals surface area contributed by atoms with Gasteiger partial charge in [-0.1, -0.05) is 46.6 Å². The minimum Gasteiger partial charge on any atom is -0.477 e. The van der Waals surface area contributed by atoms with E-state index in [0.717, 1.165) is 32.1 Å². The average molecular weight is 421 g/mol. The second kappa shape index (κ2) is 16.8. The molecule has 0 bridgehead atoms. The van der Waals surface area contributed by atoms with Gasteiger partial charge in [0.05, 0.1) is 0 Å². The second-order valence-electron chi connectivity index (χ2n) is 7.38. The van der Waals surface area contributed by atoms with E-state index in [9.17, 15) is 9.59 Å². The Labute approximate surface area is 180 Å². The van der Waals surface area contributed by atoms with Crippen LogP contribution in [0.3, 0.4) is 0 Å². The number of nitrogens with one attached hydrogen (secondary N) is 1. The van der Waals surface area contributed by atoms with Crippen LogP contribution in [0.25, 0.3) is 0 Å². The van der Waals surface area contributed by atoms with Crippen molar-refractivity contribution in [2.75, 3.05) is 11.5 Å². The lowest BCUT2D eigenvalue weighted by atomic mass is 10.0.